The third-order valence-electron chi connectivity index (χ3n) is 3.81. The van der Waals surface area contributed by atoms with Crippen LogP contribution in [0.3, 0.4) is 0 Å². The molecule has 5 heteroatoms. The lowest BCUT2D eigenvalue weighted by Gasteiger charge is -2.06. The van der Waals surface area contributed by atoms with Gasteiger partial charge in [-0.2, -0.15) is 0 Å². The summed E-state index contributed by atoms with van der Waals surface area (Å²) in [6.07, 6.45) is 4.94. The summed E-state index contributed by atoms with van der Waals surface area (Å²) in [4.78, 5) is 12.3. The molecule has 0 radical (unpaired) electrons. The van der Waals surface area contributed by atoms with Crippen molar-refractivity contribution in [3.63, 3.8) is 0 Å². The first-order chi connectivity index (χ1) is 12.5. The molecule has 134 valence electrons. The number of rotatable bonds is 6. The summed E-state index contributed by atoms with van der Waals surface area (Å²) < 4.78 is 16.0. The number of allylic oxidation sites excluding steroid dienone is 2. The quantitative estimate of drug-likeness (QED) is 0.475. The molecule has 0 aliphatic carbocycles. The third kappa shape index (κ3) is 4.25. The van der Waals surface area contributed by atoms with Gasteiger partial charge in [-0.3, -0.25) is 4.79 Å². The highest BCUT2D eigenvalue weighted by Crippen LogP contribution is 2.32. The summed E-state index contributed by atoms with van der Waals surface area (Å²) in [5, 5.41) is 10.1. The van der Waals surface area contributed by atoms with E-state index in [1.165, 1.54) is 12.1 Å². The molecule has 0 fully saturated rings. The molecule has 0 bridgehead atoms. The predicted octanol–water partition coefficient (Wildman–Crippen LogP) is 4.36. The van der Waals surface area contributed by atoms with Gasteiger partial charge in [0, 0.05) is 17.2 Å². The first-order valence-corrected chi connectivity index (χ1v) is 8.24. The number of hydrogen-bond acceptors (Lipinski definition) is 5. The molecule has 3 rings (SSSR count). The van der Waals surface area contributed by atoms with Gasteiger partial charge in [-0.05, 0) is 62.4 Å². The zero-order valence-corrected chi connectivity index (χ0v) is 14.7. The second kappa shape index (κ2) is 7.78. The smallest absolute Gasteiger partial charge is 0.231 e. The highest BCUT2D eigenvalue weighted by Gasteiger charge is 2.15. The molecule has 2 aromatic rings. The van der Waals surface area contributed by atoms with Crippen LogP contribution in [-0.2, 0) is 0 Å². The van der Waals surface area contributed by atoms with Crippen LogP contribution in [0.5, 0.6) is 23.0 Å². The molecule has 0 saturated heterocycles. The number of hydrogen-bond donors (Lipinski definition) is 1. The van der Waals surface area contributed by atoms with E-state index in [2.05, 4.69) is 0 Å². The second-order valence-corrected chi connectivity index (χ2v) is 6.08. The number of carbonyl (C=O) groups is 1. The maximum absolute atomic E-state index is 12.3. The molecule has 26 heavy (non-hydrogen) atoms. The van der Waals surface area contributed by atoms with Gasteiger partial charge in [0.15, 0.2) is 17.3 Å². The number of carbonyl (C=O) groups excluding carboxylic acids is 1. The van der Waals surface area contributed by atoms with Crippen molar-refractivity contribution < 1.29 is 24.1 Å². The third-order valence-corrected chi connectivity index (χ3v) is 3.81. The van der Waals surface area contributed by atoms with Crippen LogP contribution >= 0.6 is 0 Å². The van der Waals surface area contributed by atoms with Crippen LogP contribution in [0.1, 0.15) is 29.8 Å². The van der Waals surface area contributed by atoms with Gasteiger partial charge in [-0.25, -0.2) is 0 Å². The van der Waals surface area contributed by atoms with E-state index >= 15 is 0 Å². The van der Waals surface area contributed by atoms with E-state index < -0.39 is 0 Å². The molecule has 0 amide bonds. The fourth-order valence-corrected chi connectivity index (χ4v) is 2.37. The molecule has 1 N–H and O–H groups in total. The molecule has 1 heterocycles. The zero-order valence-electron chi connectivity index (χ0n) is 14.7. The van der Waals surface area contributed by atoms with Crippen LogP contribution < -0.4 is 14.2 Å². The van der Waals surface area contributed by atoms with Gasteiger partial charge in [-0.15, -0.1) is 0 Å². The molecule has 1 aliphatic heterocycles. The van der Waals surface area contributed by atoms with Crippen molar-refractivity contribution in [2.24, 2.45) is 0 Å². The molecular weight excluding hydrogens is 332 g/mol. The Morgan fingerprint density at radius 1 is 1.15 bits per heavy atom. The number of ether oxygens (including phenoxy) is 3. The Morgan fingerprint density at radius 3 is 2.73 bits per heavy atom. The van der Waals surface area contributed by atoms with Gasteiger partial charge in [-0.1, -0.05) is 5.57 Å². The number of ketones is 1. The highest BCUT2D eigenvalue weighted by atomic mass is 16.7. The van der Waals surface area contributed by atoms with Gasteiger partial charge in [0.1, 0.15) is 18.1 Å². The van der Waals surface area contributed by atoms with E-state index in [4.69, 9.17) is 14.2 Å². The molecule has 0 spiro atoms. The maximum atomic E-state index is 12.3. The summed E-state index contributed by atoms with van der Waals surface area (Å²) in [6, 6.07) is 10.0. The summed E-state index contributed by atoms with van der Waals surface area (Å²) in [6.45, 7) is 4.59. The summed E-state index contributed by atoms with van der Waals surface area (Å²) in [7, 11) is 0. The molecular formula is C21H20O5. The normalized spacial score (nSPS) is 12.2. The van der Waals surface area contributed by atoms with E-state index in [1.807, 2.05) is 19.9 Å². The van der Waals surface area contributed by atoms with Crippen molar-refractivity contribution in [3.8, 4) is 23.0 Å². The van der Waals surface area contributed by atoms with Crippen LogP contribution in [-0.4, -0.2) is 24.3 Å². The van der Waals surface area contributed by atoms with Crippen LogP contribution in [0.15, 0.2) is 54.1 Å². The van der Waals surface area contributed by atoms with E-state index in [0.717, 1.165) is 5.57 Å². The lowest BCUT2D eigenvalue weighted by atomic mass is 10.1. The highest BCUT2D eigenvalue weighted by molar-refractivity contribution is 6.07. The average molecular weight is 352 g/mol. The second-order valence-electron chi connectivity index (χ2n) is 6.08. The summed E-state index contributed by atoms with van der Waals surface area (Å²) in [5.41, 5.74) is 2.19. The standard InChI is InChI=1S/C21H20O5/c1-14(2)9-10-24-17-6-3-15(19(23)12-17)4-7-18(22)16-5-8-20-21(11-16)26-13-25-20/h3-9,11-12,23H,10,13H2,1-2H3. The van der Waals surface area contributed by atoms with Crippen LogP contribution in [0, 0.1) is 0 Å². The fraction of sp³-hybridized carbons (Fsp3) is 0.190. The van der Waals surface area contributed by atoms with E-state index in [0.29, 0.717) is 35.0 Å². The van der Waals surface area contributed by atoms with E-state index in [1.54, 1.807) is 36.4 Å². The minimum Gasteiger partial charge on any atom is -0.507 e. The monoisotopic (exact) mass is 352 g/mol. The molecule has 0 saturated carbocycles. The minimum atomic E-state index is -0.188. The number of fused-ring (bicyclic) bond motifs is 1. The molecule has 0 unspecified atom stereocenters. The minimum absolute atomic E-state index is 0.0504. The van der Waals surface area contributed by atoms with Crippen LogP contribution in [0.25, 0.3) is 6.08 Å². The molecule has 0 atom stereocenters. The Morgan fingerprint density at radius 2 is 1.96 bits per heavy atom. The molecule has 5 nitrogen and oxygen atoms in total. The van der Waals surface area contributed by atoms with Crippen molar-refractivity contribution >= 4 is 11.9 Å². The Hall–Kier alpha value is -3.21. The average Bonchev–Trinajstić information content (AvgIpc) is 3.08. The van der Waals surface area contributed by atoms with E-state index in [9.17, 15) is 9.90 Å². The van der Waals surface area contributed by atoms with Gasteiger partial charge >= 0.3 is 0 Å². The van der Waals surface area contributed by atoms with E-state index in [-0.39, 0.29) is 18.3 Å². The number of benzene rings is 2. The Labute approximate surface area is 152 Å². The Balaban J connectivity index is 1.68. The Kier molecular flexibility index (Phi) is 5.27. The maximum Gasteiger partial charge on any atom is 0.231 e. The van der Waals surface area contributed by atoms with Crippen molar-refractivity contribution in [1.29, 1.82) is 0 Å². The van der Waals surface area contributed by atoms with Crippen molar-refractivity contribution in [1.82, 2.24) is 0 Å². The van der Waals surface area contributed by atoms with Crippen LogP contribution in [0.2, 0.25) is 0 Å². The predicted molar refractivity (Wildman–Crippen MR) is 99.0 cm³/mol. The zero-order chi connectivity index (χ0) is 18.5. The van der Waals surface area contributed by atoms with Gasteiger partial charge < -0.3 is 19.3 Å². The Bertz CT molecular complexity index is 876. The van der Waals surface area contributed by atoms with Gasteiger partial charge in [0.25, 0.3) is 0 Å². The summed E-state index contributed by atoms with van der Waals surface area (Å²) >= 11 is 0. The lowest BCUT2D eigenvalue weighted by molar-refractivity contribution is 0.104. The first-order valence-electron chi connectivity index (χ1n) is 8.24. The first kappa shape index (κ1) is 17.6. The molecule has 2 aromatic carbocycles. The number of phenolic OH excluding ortho intramolecular Hbond substituents is 1. The van der Waals surface area contributed by atoms with Crippen LogP contribution in [0.4, 0.5) is 0 Å². The fourth-order valence-electron chi connectivity index (χ4n) is 2.37. The largest absolute Gasteiger partial charge is 0.507 e. The van der Waals surface area contributed by atoms with Crippen molar-refractivity contribution in [3.05, 3.63) is 65.3 Å². The van der Waals surface area contributed by atoms with Gasteiger partial charge in [0.2, 0.25) is 6.79 Å². The van der Waals surface area contributed by atoms with Gasteiger partial charge in [0.05, 0.1) is 0 Å². The molecule has 1 aliphatic rings. The lowest BCUT2D eigenvalue weighted by Crippen LogP contribution is -1.95. The van der Waals surface area contributed by atoms with Crippen molar-refractivity contribution in [2.45, 2.75) is 13.8 Å². The van der Waals surface area contributed by atoms with Crippen molar-refractivity contribution in [2.75, 3.05) is 13.4 Å². The summed E-state index contributed by atoms with van der Waals surface area (Å²) in [5.74, 6) is 1.62. The number of aromatic hydroxyl groups is 1. The number of phenols is 1. The SMILES string of the molecule is CC(C)=CCOc1ccc(C=CC(=O)c2ccc3c(c2)OCO3)c(O)c1. The molecule has 0 aromatic heterocycles. The topological polar surface area (TPSA) is 65.0 Å².